The van der Waals surface area contributed by atoms with Crippen LogP contribution in [0.25, 0.3) is 0 Å². The Balaban J connectivity index is 2.28. The van der Waals surface area contributed by atoms with Gasteiger partial charge >= 0.3 is 0 Å². The molecule has 0 bridgehead atoms. The fourth-order valence-electron chi connectivity index (χ4n) is 2.98. The highest BCUT2D eigenvalue weighted by Gasteiger charge is 2.24. The molecule has 0 unspecified atom stereocenters. The van der Waals surface area contributed by atoms with Gasteiger partial charge in [-0.15, -0.1) is 0 Å². The molecule has 0 aliphatic heterocycles. The second-order valence-electron chi connectivity index (χ2n) is 8.36. The number of benzene rings is 2. The van der Waals surface area contributed by atoms with E-state index in [1.54, 1.807) is 43.3 Å². The van der Waals surface area contributed by atoms with Crippen molar-refractivity contribution in [2.45, 2.75) is 40.2 Å². The first-order valence-electron chi connectivity index (χ1n) is 9.54. The lowest BCUT2D eigenvalue weighted by Gasteiger charge is -2.24. The molecule has 0 aliphatic carbocycles. The van der Waals surface area contributed by atoms with Gasteiger partial charge in [-0.05, 0) is 58.4 Å². The summed E-state index contributed by atoms with van der Waals surface area (Å²) in [7, 11) is -3.70. The summed E-state index contributed by atoms with van der Waals surface area (Å²) >= 11 is 0. The van der Waals surface area contributed by atoms with Crippen molar-refractivity contribution in [2.24, 2.45) is 0 Å². The van der Waals surface area contributed by atoms with E-state index in [2.05, 4.69) is 10.6 Å². The third-order valence-corrected chi connectivity index (χ3v) is 5.37. The molecule has 0 heterocycles. The lowest BCUT2D eigenvalue weighted by Crippen LogP contribution is -2.41. The molecule has 2 aromatic rings. The van der Waals surface area contributed by atoms with E-state index in [0.717, 1.165) is 21.7 Å². The molecule has 0 aromatic heterocycles. The maximum Gasteiger partial charge on any atom is 0.253 e. The molecule has 0 aliphatic rings. The molecule has 0 fully saturated rings. The van der Waals surface area contributed by atoms with E-state index in [1.165, 1.54) is 0 Å². The van der Waals surface area contributed by atoms with Gasteiger partial charge in [-0.3, -0.25) is 13.9 Å². The van der Waals surface area contributed by atoms with Crippen LogP contribution in [0.4, 0.5) is 11.4 Å². The van der Waals surface area contributed by atoms with Crippen molar-refractivity contribution in [3.63, 3.8) is 0 Å². The lowest BCUT2D eigenvalue weighted by molar-refractivity contribution is -0.114. The van der Waals surface area contributed by atoms with Crippen LogP contribution < -0.4 is 14.9 Å². The lowest BCUT2D eigenvalue weighted by atomic mass is 10.1. The summed E-state index contributed by atoms with van der Waals surface area (Å²) in [6.45, 7) is 8.89. The molecule has 2 rings (SSSR count). The average Bonchev–Trinajstić information content (AvgIpc) is 2.58. The molecule has 0 atom stereocenters. The van der Waals surface area contributed by atoms with Gasteiger partial charge in [-0.1, -0.05) is 29.8 Å². The number of carbonyl (C=O) groups excluding carboxylic acids is 2. The van der Waals surface area contributed by atoms with Gasteiger partial charge in [-0.2, -0.15) is 0 Å². The summed E-state index contributed by atoms with van der Waals surface area (Å²) < 4.78 is 25.8. The number of anilines is 2. The Labute approximate surface area is 178 Å². The highest BCUT2D eigenvalue weighted by Crippen LogP contribution is 2.24. The molecule has 0 spiro atoms. The van der Waals surface area contributed by atoms with Gasteiger partial charge in [0.25, 0.3) is 5.91 Å². The Morgan fingerprint density at radius 2 is 1.67 bits per heavy atom. The summed E-state index contributed by atoms with van der Waals surface area (Å²) in [6.07, 6.45) is 1.06. The van der Waals surface area contributed by atoms with Crippen LogP contribution in [0.2, 0.25) is 0 Å². The van der Waals surface area contributed by atoms with E-state index < -0.39 is 28.0 Å². The normalized spacial score (nSPS) is 11.7. The molecular weight excluding hydrogens is 402 g/mol. The summed E-state index contributed by atoms with van der Waals surface area (Å²) in [5.74, 6) is -0.871. The van der Waals surface area contributed by atoms with Crippen molar-refractivity contribution in [3.05, 3.63) is 59.2 Å². The average molecular weight is 432 g/mol. The summed E-state index contributed by atoms with van der Waals surface area (Å²) in [4.78, 5) is 25.3. The summed E-state index contributed by atoms with van der Waals surface area (Å²) in [5.41, 5.74) is 2.37. The minimum Gasteiger partial charge on any atom is -0.347 e. The Kier molecular flexibility index (Phi) is 6.92. The highest BCUT2D eigenvalue weighted by atomic mass is 32.2. The quantitative estimate of drug-likeness (QED) is 0.734. The van der Waals surface area contributed by atoms with Crippen LogP contribution in [-0.2, 0) is 14.8 Å². The van der Waals surface area contributed by atoms with Crippen LogP contribution in [0.1, 0.15) is 42.3 Å². The Hall–Kier alpha value is -2.87. The molecule has 2 amide bonds. The van der Waals surface area contributed by atoms with Gasteiger partial charge in [0.2, 0.25) is 15.9 Å². The number of carbonyl (C=O) groups is 2. The van der Waals surface area contributed by atoms with Crippen LogP contribution in [0.3, 0.4) is 0 Å². The zero-order valence-electron chi connectivity index (χ0n) is 18.2. The topological polar surface area (TPSA) is 95.6 Å². The second-order valence-corrected chi connectivity index (χ2v) is 10.3. The minimum atomic E-state index is -3.70. The molecule has 0 saturated heterocycles. The number of para-hydroxylation sites is 1. The maximum absolute atomic E-state index is 12.7. The zero-order valence-corrected chi connectivity index (χ0v) is 19.1. The van der Waals surface area contributed by atoms with E-state index in [-0.39, 0.29) is 5.91 Å². The van der Waals surface area contributed by atoms with E-state index in [4.69, 9.17) is 0 Å². The van der Waals surface area contributed by atoms with Gasteiger partial charge in [0.15, 0.2) is 0 Å². The van der Waals surface area contributed by atoms with Crippen molar-refractivity contribution in [2.75, 3.05) is 22.4 Å². The standard InChI is InChI=1S/C22H29N3O4S/c1-15-11-12-19(16(2)13-15)25(30(6,28)29)14-20(26)23-18-10-8-7-9-17(18)21(27)24-22(3,4)5/h7-13H,14H2,1-6H3,(H,23,26)(H,24,27). The maximum atomic E-state index is 12.7. The first-order valence-corrected chi connectivity index (χ1v) is 11.4. The van der Waals surface area contributed by atoms with Gasteiger partial charge in [0.05, 0.1) is 23.2 Å². The Morgan fingerprint density at radius 1 is 1.03 bits per heavy atom. The monoisotopic (exact) mass is 431 g/mol. The van der Waals surface area contributed by atoms with Crippen molar-refractivity contribution >= 4 is 33.2 Å². The van der Waals surface area contributed by atoms with Crippen LogP contribution in [0.15, 0.2) is 42.5 Å². The number of sulfonamides is 1. The zero-order chi connectivity index (χ0) is 22.7. The molecule has 162 valence electrons. The second kappa shape index (κ2) is 8.87. The van der Waals surface area contributed by atoms with E-state index in [0.29, 0.717) is 16.9 Å². The van der Waals surface area contributed by atoms with Crippen LogP contribution in [0, 0.1) is 13.8 Å². The molecular formula is C22H29N3O4S. The number of hydrogen-bond acceptors (Lipinski definition) is 4. The van der Waals surface area contributed by atoms with Crippen LogP contribution in [-0.4, -0.2) is 38.6 Å². The van der Waals surface area contributed by atoms with Crippen molar-refractivity contribution in [1.29, 1.82) is 0 Å². The first kappa shape index (κ1) is 23.4. The largest absolute Gasteiger partial charge is 0.347 e. The van der Waals surface area contributed by atoms with Gasteiger partial charge in [-0.25, -0.2) is 8.42 Å². The third kappa shape index (κ3) is 6.32. The number of rotatable bonds is 6. The van der Waals surface area contributed by atoms with Gasteiger partial charge in [0, 0.05) is 5.54 Å². The smallest absolute Gasteiger partial charge is 0.253 e. The molecule has 8 heteroatoms. The number of aryl methyl sites for hydroxylation is 2. The summed E-state index contributed by atoms with van der Waals surface area (Å²) in [5, 5.41) is 5.53. The first-order chi connectivity index (χ1) is 13.8. The SMILES string of the molecule is Cc1ccc(N(CC(=O)Nc2ccccc2C(=O)NC(C)(C)C)S(C)(=O)=O)c(C)c1. The van der Waals surface area contributed by atoms with Crippen LogP contribution in [0.5, 0.6) is 0 Å². The Bertz CT molecular complexity index is 1060. The fourth-order valence-corrected chi connectivity index (χ4v) is 3.90. The van der Waals surface area contributed by atoms with E-state index >= 15 is 0 Å². The molecule has 0 radical (unpaired) electrons. The van der Waals surface area contributed by atoms with Crippen molar-refractivity contribution in [3.8, 4) is 0 Å². The molecule has 30 heavy (non-hydrogen) atoms. The molecule has 7 nitrogen and oxygen atoms in total. The molecule has 2 aromatic carbocycles. The molecule has 0 saturated carbocycles. The minimum absolute atomic E-state index is 0.304. The van der Waals surface area contributed by atoms with Gasteiger partial charge in [0.1, 0.15) is 6.54 Å². The summed E-state index contributed by atoms with van der Waals surface area (Å²) in [6, 6.07) is 12.0. The third-order valence-electron chi connectivity index (χ3n) is 4.24. The van der Waals surface area contributed by atoms with E-state index in [1.807, 2.05) is 33.8 Å². The van der Waals surface area contributed by atoms with Crippen molar-refractivity contribution < 1.29 is 18.0 Å². The fraction of sp³-hybridized carbons (Fsp3) is 0.364. The van der Waals surface area contributed by atoms with E-state index in [9.17, 15) is 18.0 Å². The number of hydrogen-bond donors (Lipinski definition) is 2. The number of nitrogens with one attached hydrogen (secondary N) is 2. The highest BCUT2D eigenvalue weighted by molar-refractivity contribution is 7.92. The predicted octanol–water partition coefficient (Wildman–Crippen LogP) is 3.24. The number of amides is 2. The van der Waals surface area contributed by atoms with Crippen LogP contribution >= 0.6 is 0 Å². The molecule has 2 N–H and O–H groups in total. The number of nitrogens with zero attached hydrogens (tertiary/aromatic N) is 1. The van der Waals surface area contributed by atoms with Crippen molar-refractivity contribution in [1.82, 2.24) is 5.32 Å². The predicted molar refractivity (Wildman–Crippen MR) is 120 cm³/mol. The van der Waals surface area contributed by atoms with Gasteiger partial charge < -0.3 is 10.6 Å². The Morgan fingerprint density at radius 3 is 2.23 bits per heavy atom.